The van der Waals surface area contributed by atoms with Crippen LogP contribution < -0.4 is 5.73 Å². The first-order valence-electron chi connectivity index (χ1n) is 6.47. The molecule has 0 unspecified atom stereocenters. The molecule has 2 aromatic heterocycles. The average molecular weight is 263 g/mol. The average Bonchev–Trinajstić information content (AvgIpc) is 2.97. The Bertz CT molecular complexity index is 564. The lowest BCUT2D eigenvalue weighted by Crippen LogP contribution is -2.20. The van der Waals surface area contributed by atoms with Gasteiger partial charge in [-0.1, -0.05) is 19.0 Å². The molecule has 1 fully saturated rings. The van der Waals surface area contributed by atoms with Crippen molar-refractivity contribution in [3.63, 3.8) is 0 Å². The third kappa shape index (κ3) is 2.32. The van der Waals surface area contributed by atoms with Crippen molar-refractivity contribution in [2.75, 3.05) is 5.73 Å². The molecule has 2 heterocycles. The minimum atomic E-state index is 0.167. The maximum absolute atomic E-state index is 5.60. The highest BCUT2D eigenvalue weighted by Gasteiger charge is 2.30. The van der Waals surface area contributed by atoms with Crippen LogP contribution in [0.1, 0.15) is 51.3 Å². The Morgan fingerprint density at radius 2 is 1.89 bits per heavy atom. The number of nitrogens with two attached hydrogens (primary N) is 1. The Balaban J connectivity index is 1.77. The number of hydrogen-bond acceptors (Lipinski definition) is 7. The van der Waals surface area contributed by atoms with Gasteiger partial charge in [-0.05, 0) is 41.4 Å². The summed E-state index contributed by atoms with van der Waals surface area (Å²) in [5.74, 6) is 1.53. The maximum Gasteiger partial charge on any atom is 0.284 e. The number of rotatable bonds is 2. The summed E-state index contributed by atoms with van der Waals surface area (Å²) in [5, 5.41) is 11.2. The zero-order chi connectivity index (χ0) is 13.5. The molecule has 0 aromatic carbocycles. The summed E-state index contributed by atoms with van der Waals surface area (Å²) in [6, 6.07) is 0. The van der Waals surface area contributed by atoms with Crippen molar-refractivity contribution >= 4 is 5.82 Å². The molecule has 0 atom stereocenters. The SMILES string of the molecule is CC1(C)CCC(c2noc(-c3nonc3N)n2)CC1. The van der Waals surface area contributed by atoms with E-state index in [0.717, 1.165) is 18.7 Å². The Hall–Kier alpha value is -1.92. The predicted molar refractivity (Wildman–Crippen MR) is 67.0 cm³/mol. The highest BCUT2D eigenvalue weighted by atomic mass is 16.6. The van der Waals surface area contributed by atoms with Crippen LogP contribution in [0.4, 0.5) is 5.82 Å². The largest absolute Gasteiger partial charge is 0.379 e. The fourth-order valence-electron chi connectivity index (χ4n) is 2.50. The van der Waals surface area contributed by atoms with Crippen molar-refractivity contribution in [1.82, 2.24) is 20.5 Å². The van der Waals surface area contributed by atoms with Crippen molar-refractivity contribution in [1.29, 1.82) is 0 Å². The lowest BCUT2D eigenvalue weighted by Gasteiger charge is -2.32. The lowest BCUT2D eigenvalue weighted by atomic mass is 9.73. The van der Waals surface area contributed by atoms with Crippen molar-refractivity contribution in [2.24, 2.45) is 5.41 Å². The zero-order valence-corrected chi connectivity index (χ0v) is 11.1. The van der Waals surface area contributed by atoms with Crippen molar-refractivity contribution in [3.05, 3.63) is 5.82 Å². The summed E-state index contributed by atoms with van der Waals surface area (Å²) in [6.45, 7) is 4.60. The first-order chi connectivity index (χ1) is 9.05. The standard InChI is InChI=1S/C12H17N5O2/c1-12(2)5-3-7(4-6-12)10-14-11(18-17-10)8-9(13)16-19-15-8/h7H,3-6H2,1-2H3,(H2,13,16). The van der Waals surface area contributed by atoms with E-state index < -0.39 is 0 Å². The van der Waals surface area contributed by atoms with Gasteiger partial charge < -0.3 is 10.3 Å². The first-order valence-corrected chi connectivity index (χ1v) is 6.47. The van der Waals surface area contributed by atoms with Gasteiger partial charge in [-0.3, -0.25) is 0 Å². The smallest absolute Gasteiger partial charge is 0.284 e. The van der Waals surface area contributed by atoms with Crippen LogP contribution in [0.2, 0.25) is 0 Å². The van der Waals surface area contributed by atoms with E-state index in [9.17, 15) is 0 Å². The van der Waals surface area contributed by atoms with E-state index in [-0.39, 0.29) is 11.7 Å². The lowest BCUT2D eigenvalue weighted by molar-refractivity contribution is 0.218. The topological polar surface area (TPSA) is 104 Å². The van der Waals surface area contributed by atoms with E-state index in [4.69, 9.17) is 10.3 Å². The fraction of sp³-hybridized carbons (Fsp3) is 0.667. The number of anilines is 1. The maximum atomic E-state index is 5.60. The molecule has 7 nitrogen and oxygen atoms in total. The van der Waals surface area contributed by atoms with E-state index in [1.54, 1.807) is 0 Å². The van der Waals surface area contributed by atoms with E-state index in [1.807, 2.05) is 0 Å². The Labute approximate surface area is 110 Å². The van der Waals surface area contributed by atoms with Crippen molar-refractivity contribution < 1.29 is 9.15 Å². The monoisotopic (exact) mass is 263 g/mol. The Morgan fingerprint density at radius 3 is 2.53 bits per heavy atom. The van der Waals surface area contributed by atoms with Gasteiger partial charge in [0, 0.05) is 5.92 Å². The molecular weight excluding hydrogens is 246 g/mol. The van der Waals surface area contributed by atoms with Crippen molar-refractivity contribution in [2.45, 2.75) is 45.4 Å². The molecule has 3 rings (SSSR count). The Morgan fingerprint density at radius 1 is 1.16 bits per heavy atom. The summed E-state index contributed by atoms with van der Waals surface area (Å²) in [4.78, 5) is 4.36. The van der Waals surface area contributed by atoms with Gasteiger partial charge in [-0.25, -0.2) is 4.63 Å². The van der Waals surface area contributed by atoms with Gasteiger partial charge in [0.15, 0.2) is 5.82 Å². The van der Waals surface area contributed by atoms with Crippen LogP contribution in [0.25, 0.3) is 11.6 Å². The molecule has 7 heteroatoms. The van der Waals surface area contributed by atoms with Crippen LogP contribution in [0.15, 0.2) is 9.15 Å². The molecule has 0 bridgehead atoms. The predicted octanol–water partition coefficient (Wildman–Crippen LogP) is 2.39. The van der Waals surface area contributed by atoms with Crippen molar-refractivity contribution in [3.8, 4) is 11.6 Å². The minimum absolute atomic E-state index is 0.167. The van der Waals surface area contributed by atoms with Crippen LogP contribution in [-0.2, 0) is 0 Å². The quantitative estimate of drug-likeness (QED) is 0.886. The minimum Gasteiger partial charge on any atom is -0.379 e. The summed E-state index contributed by atoms with van der Waals surface area (Å²) >= 11 is 0. The van der Waals surface area contributed by atoms with Gasteiger partial charge in [-0.2, -0.15) is 4.98 Å². The summed E-state index contributed by atoms with van der Waals surface area (Å²) < 4.78 is 9.72. The highest BCUT2D eigenvalue weighted by molar-refractivity contribution is 5.60. The molecule has 1 aliphatic rings. The number of nitrogens with zero attached hydrogens (tertiary/aromatic N) is 4. The Kier molecular flexibility index (Phi) is 2.76. The molecule has 19 heavy (non-hydrogen) atoms. The molecule has 2 aromatic rings. The molecule has 0 saturated heterocycles. The molecule has 2 N–H and O–H groups in total. The fourth-order valence-corrected chi connectivity index (χ4v) is 2.50. The first kappa shape index (κ1) is 12.1. The van der Waals surface area contributed by atoms with E-state index >= 15 is 0 Å². The number of aromatic nitrogens is 4. The van der Waals surface area contributed by atoms with E-state index in [0.29, 0.717) is 17.0 Å². The van der Waals surface area contributed by atoms with Crippen LogP contribution in [0.5, 0.6) is 0 Å². The summed E-state index contributed by atoms with van der Waals surface area (Å²) in [5.41, 5.74) is 6.34. The van der Waals surface area contributed by atoms with Gasteiger partial charge in [0.25, 0.3) is 5.89 Å². The molecule has 1 saturated carbocycles. The summed E-state index contributed by atoms with van der Waals surface area (Å²) in [6.07, 6.45) is 4.52. The molecule has 0 aliphatic heterocycles. The van der Waals surface area contributed by atoms with Crippen LogP contribution >= 0.6 is 0 Å². The van der Waals surface area contributed by atoms with Crippen LogP contribution in [-0.4, -0.2) is 20.5 Å². The molecule has 0 radical (unpaired) electrons. The second kappa shape index (κ2) is 4.32. The molecule has 102 valence electrons. The second-order valence-corrected chi connectivity index (χ2v) is 5.89. The normalized spacial score (nSPS) is 19.7. The van der Waals surface area contributed by atoms with Gasteiger partial charge in [0.1, 0.15) is 0 Å². The number of hydrogen-bond donors (Lipinski definition) is 1. The number of nitrogen functional groups attached to an aromatic ring is 1. The molecular formula is C12H17N5O2. The van der Waals surface area contributed by atoms with Gasteiger partial charge in [0.05, 0.1) is 0 Å². The second-order valence-electron chi connectivity index (χ2n) is 5.89. The van der Waals surface area contributed by atoms with E-state index in [1.165, 1.54) is 12.8 Å². The summed E-state index contributed by atoms with van der Waals surface area (Å²) in [7, 11) is 0. The zero-order valence-electron chi connectivity index (χ0n) is 11.1. The third-order valence-corrected chi connectivity index (χ3v) is 3.86. The molecule has 0 amide bonds. The van der Waals surface area contributed by atoms with Crippen LogP contribution in [0.3, 0.4) is 0 Å². The third-order valence-electron chi connectivity index (χ3n) is 3.86. The van der Waals surface area contributed by atoms with Crippen LogP contribution in [0, 0.1) is 5.41 Å². The molecule has 1 aliphatic carbocycles. The highest BCUT2D eigenvalue weighted by Crippen LogP contribution is 2.41. The molecule has 0 spiro atoms. The van der Waals surface area contributed by atoms with Gasteiger partial charge >= 0.3 is 0 Å². The van der Waals surface area contributed by atoms with Gasteiger partial charge in [-0.15, -0.1) is 0 Å². The van der Waals surface area contributed by atoms with E-state index in [2.05, 4.69) is 38.9 Å². The van der Waals surface area contributed by atoms with Gasteiger partial charge in [0.2, 0.25) is 11.5 Å².